The number of hydrogen-bond donors (Lipinski definition) is 0. The normalized spacial score (nSPS) is 15.1. The fourth-order valence-electron chi connectivity index (χ4n) is 3.03. The Morgan fingerprint density at radius 2 is 1.89 bits per heavy atom. The van der Waals surface area contributed by atoms with Crippen LogP contribution >= 0.6 is 34.9 Å². The van der Waals surface area contributed by atoms with Crippen molar-refractivity contribution in [3.8, 4) is 5.69 Å². The van der Waals surface area contributed by atoms with Crippen molar-refractivity contribution in [2.45, 2.75) is 48.6 Å². The molecule has 2 aromatic heterocycles. The highest BCUT2D eigenvalue weighted by Gasteiger charge is 2.21. The molecule has 1 fully saturated rings. The first-order valence-corrected chi connectivity index (χ1v) is 11.0. The minimum absolute atomic E-state index is 0.315. The summed E-state index contributed by atoms with van der Waals surface area (Å²) in [4.78, 5) is 7.05. The van der Waals surface area contributed by atoms with E-state index in [2.05, 4.69) is 42.9 Å². The molecule has 142 valence electrons. The lowest BCUT2D eigenvalue weighted by Crippen LogP contribution is -2.21. The average Bonchev–Trinajstić information content (AvgIpc) is 3.39. The minimum atomic E-state index is 0.315. The zero-order valence-corrected chi connectivity index (χ0v) is 17.7. The SMILES string of the molecule is CC(C)c1nsc(Sc2nnc(CN3CCCC3)n2-c2ccc(Cl)cc2)n1. The highest BCUT2D eigenvalue weighted by atomic mass is 35.5. The van der Waals surface area contributed by atoms with Crippen molar-refractivity contribution < 1.29 is 0 Å². The summed E-state index contributed by atoms with van der Waals surface area (Å²) in [6.07, 6.45) is 2.50. The third kappa shape index (κ3) is 4.34. The quantitative estimate of drug-likeness (QED) is 0.578. The van der Waals surface area contributed by atoms with E-state index in [1.807, 2.05) is 24.3 Å². The third-order valence-electron chi connectivity index (χ3n) is 4.47. The van der Waals surface area contributed by atoms with Crippen molar-refractivity contribution in [3.63, 3.8) is 0 Å². The molecule has 0 spiro atoms. The first-order valence-electron chi connectivity index (χ1n) is 9.04. The van der Waals surface area contributed by atoms with Gasteiger partial charge in [0.05, 0.1) is 6.54 Å². The molecule has 3 aromatic rings. The number of nitrogens with zero attached hydrogens (tertiary/aromatic N) is 6. The summed E-state index contributed by atoms with van der Waals surface area (Å²) >= 11 is 9.01. The molecule has 0 aliphatic carbocycles. The Morgan fingerprint density at radius 3 is 2.56 bits per heavy atom. The summed E-state index contributed by atoms with van der Waals surface area (Å²) < 4.78 is 7.43. The van der Waals surface area contributed by atoms with Crippen LogP contribution < -0.4 is 0 Å². The van der Waals surface area contributed by atoms with Gasteiger partial charge in [0, 0.05) is 16.6 Å². The Kier molecular flexibility index (Phi) is 5.77. The molecular weight excluding hydrogens is 400 g/mol. The Hall–Kier alpha value is -1.48. The monoisotopic (exact) mass is 420 g/mol. The van der Waals surface area contributed by atoms with Crippen LogP contribution in [0.5, 0.6) is 0 Å². The number of benzene rings is 1. The first-order chi connectivity index (χ1) is 13.1. The number of halogens is 1. The summed E-state index contributed by atoms with van der Waals surface area (Å²) in [5, 5.41) is 10.5. The van der Waals surface area contributed by atoms with E-state index in [0.29, 0.717) is 10.9 Å². The topological polar surface area (TPSA) is 59.7 Å². The van der Waals surface area contributed by atoms with Gasteiger partial charge in [0.15, 0.2) is 10.2 Å². The number of hydrogen-bond acceptors (Lipinski definition) is 7. The standard InChI is InChI=1S/C18H21ClN6S2/c1-12(2)16-20-18(27-23-16)26-17-22-21-15(11-24-9-3-4-10-24)25(17)14-7-5-13(19)6-8-14/h5-8,12H,3-4,9-11H2,1-2H3. The molecule has 0 bridgehead atoms. The molecule has 1 aromatic carbocycles. The lowest BCUT2D eigenvalue weighted by atomic mass is 10.2. The molecular formula is C18H21ClN6S2. The van der Waals surface area contributed by atoms with E-state index >= 15 is 0 Å². The summed E-state index contributed by atoms with van der Waals surface area (Å²) in [6, 6.07) is 7.80. The zero-order chi connectivity index (χ0) is 18.8. The molecule has 1 aliphatic rings. The molecule has 1 aliphatic heterocycles. The summed E-state index contributed by atoms with van der Waals surface area (Å²) in [7, 11) is 0. The lowest BCUT2D eigenvalue weighted by Gasteiger charge is -2.15. The van der Waals surface area contributed by atoms with Crippen LogP contribution in [-0.4, -0.2) is 42.1 Å². The van der Waals surface area contributed by atoms with Crippen LogP contribution in [-0.2, 0) is 6.54 Å². The molecule has 3 heterocycles. The van der Waals surface area contributed by atoms with E-state index in [9.17, 15) is 0 Å². The summed E-state index contributed by atoms with van der Waals surface area (Å²) in [6.45, 7) is 7.22. The predicted octanol–water partition coefficient (Wildman–Crippen LogP) is 4.64. The van der Waals surface area contributed by atoms with Gasteiger partial charge in [-0.2, -0.15) is 4.37 Å². The van der Waals surface area contributed by atoms with Gasteiger partial charge in [0.1, 0.15) is 5.82 Å². The molecule has 6 nitrogen and oxygen atoms in total. The van der Waals surface area contributed by atoms with Gasteiger partial charge in [-0.3, -0.25) is 9.47 Å². The summed E-state index contributed by atoms with van der Waals surface area (Å²) in [5.41, 5.74) is 1.01. The Labute approximate surface area is 172 Å². The fraction of sp³-hybridized carbons (Fsp3) is 0.444. The molecule has 27 heavy (non-hydrogen) atoms. The minimum Gasteiger partial charge on any atom is -0.296 e. The van der Waals surface area contributed by atoms with Gasteiger partial charge in [0.2, 0.25) is 5.16 Å². The third-order valence-corrected chi connectivity index (χ3v) is 6.43. The average molecular weight is 421 g/mol. The van der Waals surface area contributed by atoms with Gasteiger partial charge < -0.3 is 0 Å². The molecule has 0 unspecified atom stereocenters. The highest BCUT2D eigenvalue weighted by molar-refractivity contribution is 8.00. The molecule has 4 rings (SSSR count). The van der Waals surface area contributed by atoms with Crippen molar-refractivity contribution in [2.75, 3.05) is 13.1 Å². The van der Waals surface area contributed by atoms with Crippen molar-refractivity contribution >= 4 is 34.9 Å². The smallest absolute Gasteiger partial charge is 0.203 e. The van der Waals surface area contributed by atoms with Gasteiger partial charge in [-0.15, -0.1) is 10.2 Å². The van der Waals surface area contributed by atoms with Crippen LogP contribution in [0.25, 0.3) is 5.69 Å². The Morgan fingerprint density at radius 1 is 1.15 bits per heavy atom. The number of likely N-dealkylation sites (tertiary alicyclic amines) is 1. The predicted molar refractivity (Wildman–Crippen MR) is 109 cm³/mol. The van der Waals surface area contributed by atoms with E-state index < -0.39 is 0 Å². The van der Waals surface area contributed by atoms with E-state index in [1.54, 1.807) is 0 Å². The van der Waals surface area contributed by atoms with Crippen LogP contribution in [0.3, 0.4) is 0 Å². The second kappa shape index (κ2) is 8.26. The van der Waals surface area contributed by atoms with Crippen molar-refractivity contribution in [3.05, 3.63) is 40.9 Å². The molecule has 0 atom stereocenters. The van der Waals surface area contributed by atoms with Gasteiger partial charge in [-0.25, -0.2) is 4.98 Å². The lowest BCUT2D eigenvalue weighted by molar-refractivity contribution is 0.319. The maximum Gasteiger partial charge on any atom is 0.203 e. The van der Waals surface area contributed by atoms with Crippen LogP contribution in [0, 0.1) is 0 Å². The largest absolute Gasteiger partial charge is 0.296 e. The molecule has 0 N–H and O–H groups in total. The number of rotatable bonds is 6. The van der Waals surface area contributed by atoms with Crippen LogP contribution in [0.2, 0.25) is 5.02 Å². The van der Waals surface area contributed by atoms with Crippen molar-refractivity contribution in [1.82, 2.24) is 29.0 Å². The van der Waals surface area contributed by atoms with E-state index in [1.165, 1.54) is 36.1 Å². The second-order valence-corrected chi connectivity index (χ2v) is 9.27. The van der Waals surface area contributed by atoms with Crippen LogP contribution in [0.15, 0.2) is 33.8 Å². The molecule has 1 saturated heterocycles. The second-order valence-electron chi connectivity index (χ2n) is 6.87. The molecule has 0 amide bonds. The van der Waals surface area contributed by atoms with Gasteiger partial charge in [0.25, 0.3) is 0 Å². The van der Waals surface area contributed by atoms with E-state index in [-0.39, 0.29) is 0 Å². The molecule has 9 heteroatoms. The fourth-order valence-corrected chi connectivity index (χ4v) is 4.88. The van der Waals surface area contributed by atoms with Gasteiger partial charge in [-0.1, -0.05) is 25.4 Å². The maximum atomic E-state index is 6.08. The van der Waals surface area contributed by atoms with E-state index in [0.717, 1.165) is 46.5 Å². The van der Waals surface area contributed by atoms with Crippen LogP contribution in [0.4, 0.5) is 0 Å². The van der Waals surface area contributed by atoms with Gasteiger partial charge >= 0.3 is 0 Å². The maximum absolute atomic E-state index is 6.08. The Balaban J connectivity index is 1.67. The summed E-state index contributed by atoms with van der Waals surface area (Å²) in [5.74, 6) is 2.13. The highest BCUT2D eigenvalue weighted by Crippen LogP contribution is 2.32. The first kappa shape index (κ1) is 18.9. The zero-order valence-electron chi connectivity index (χ0n) is 15.3. The molecule has 0 saturated carbocycles. The van der Waals surface area contributed by atoms with Crippen molar-refractivity contribution in [2.24, 2.45) is 0 Å². The van der Waals surface area contributed by atoms with Crippen molar-refractivity contribution in [1.29, 1.82) is 0 Å². The van der Waals surface area contributed by atoms with Gasteiger partial charge in [-0.05, 0) is 73.5 Å². The van der Waals surface area contributed by atoms with E-state index in [4.69, 9.17) is 11.6 Å². The number of aromatic nitrogens is 5. The molecule has 0 radical (unpaired) electrons. The van der Waals surface area contributed by atoms with Crippen LogP contribution in [0.1, 0.15) is 44.3 Å². The Bertz CT molecular complexity index is 899.